The van der Waals surface area contributed by atoms with Crippen molar-refractivity contribution in [3.8, 4) is 0 Å². The molecular weight excluding hydrogens is 292 g/mol. The summed E-state index contributed by atoms with van der Waals surface area (Å²) in [4.78, 5) is 0. The maximum atomic E-state index is 8.28. The molecule has 0 aromatic rings. The van der Waals surface area contributed by atoms with Gasteiger partial charge in [-0.05, 0) is 0 Å². The number of hydrogen-bond acceptors (Lipinski definition) is 1. The Hall–Kier alpha value is 1.64. The molecule has 0 saturated heterocycles. The molecule has 0 N–H and O–H groups in total. The van der Waals surface area contributed by atoms with E-state index in [1.54, 1.807) is 0 Å². The normalized spacial score (nSPS) is 0.750. The quantitative estimate of drug-likeness (QED) is 0.536. The smallest absolute Gasteiger partial charge is 0 e. The third kappa shape index (κ3) is 9.43. The van der Waals surface area contributed by atoms with E-state index in [-0.39, 0.29) is 40.5 Å². The van der Waals surface area contributed by atoms with Gasteiger partial charge < -0.3 is 0 Å². The first-order valence-electron chi connectivity index (χ1n) is 0.289. The minimum atomic E-state index is 0. The van der Waals surface area contributed by atoms with Crippen LogP contribution in [0.15, 0.2) is 0 Å². The predicted molar refractivity (Wildman–Crippen MR) is 7.84 cm³/mol. The molecular formula is HAlOWZn. The van der Waals surface area contributed by atoms with Crippen LogP contribution in [-0.4, -0.2) is 16.2 Å². The molecule has 0 aliphatic heterocycles. The van der Waals surface area contributed by atoms with E-state index in [2.05, 4.69) is 0 Å². The zero-order valence-corrected chi connectivity index (χ0v) is 9.55. The van der Waals surface area contributed by atoms with E-state index >= 15 is 0 Å². The van der Waals surface area contributed by atoms with Gasteiger partial charge in [0.05, 0.1) is 0 Å². The zero-order chi connectivity index (χ0) is 2.00. The maximum Gasteiger partial charge on any atom is 0 e. The van der Waals surface area contributed by atoms with Gasteiger partial charge in [0.15, 0.2) is 0 Å². The summed E-state index contributed by atoms with van der Waals surface area (Å²) in [6.07, 6.45) is 0. The Morgan fingerprint density at radius 2 is 1.25 bits per heavy atom. The van der Waals surface area contributed by atoms with Crippen molar-refractivity contribution in [1.82, 2.24) is 0 Å². The van der Waals surface area contributed by atoms with Crippen molar-refractivity contribution in [3.05, 3.63) is 0 Å². The van der Waals surface area contributed by atoms with Gasteiger partial charge in [-0.25, -0.2) is 0 Å². The molecule has 0 aliphatic rings. The van der Waals surface area contributed by atoms with Crippen LogP contribution in [0, 0.1) is 0 Å². The molecule has 0 saturated carbocycles. The summed E-state index contributed by atoms with van der Waals surface area (Å²) in [7, 11) is 0. The molecule has 0 spiro atoms. The molecule has 0 atom stereocenters. The summed E-state index contributed by atoms with van der Waals surface area (Å²) in [5.41, 5.74) is 0. The van der Waals surface area contributed by atoms with Crippen molar-refractivity contribution in [3.63, 3.8) is 0 Å². The second-order valence-corrected chi connectivity index (χ2v) is 0. The third-order valence-electron chi connectivity index (χ3n) is 0. The van der Waals surface area contributed by atoms with E-state index in [0.29, 0.717) is 16.2 Å². The van der Waals surface area contributed by atoms with E-state index < -0.39 is 0 Å². The van der Waals surface area contributed by atoms with Gasteiger partial charge in [-0.15, -0.1) is 0 Å². The van der Waals surface area contributed by atoms with Crippen molar-refractivity contribution >= 4 is 16.2 Å². The Morgan fingerprint density at radius 1 is 1.25 bits per heavy atom. The Morgan fingerprint density at radius 3 is 1.25 bits per heavy atom. The molecule has 0 aliphatic carbocycles. The predicted octanol–water partition coefficient (Wildman–Crippen LogP) is -0.772. The molecule has 18 valence electrons. The average Bonchev–Trinajstić information content (AvgIpc) is 1.00. The van der Waals surface area contributed by atoms with Crippen molar-refractivity contribution in [1.29, 1.82) is 0 Å². The van der Waals surface area contributed by atoms with Crippen LogP contribution in [0.4, 0.5) is 0 Å². The van der Waals surface area contributed by atoms with Gasteiger partial charge in [0, 0.05) is 40.5 Å². The van der Waals surface area contributed by atoms with Gasteiger partial charge in [-0.3, -0.25) is 0 Å². The molecule has 4 heteroatoms. The zero-order valence-electron chi connectivity index (χ0n) is 2.23. The first-order valence-corrected chi connectivity index (χ1v) is 0.866. The van der Waals surface area contributed by atoms with Crippen LogP contribution in [0.5, 0.6) is 0 Å². The van der Waals surface area contributed by atoms with Crippen LogP contribution in [-0.2, 0) is 44.3 Å². The average molecular weight is 293 g/mol. The van der Waals surface area contributed by atoms with E-state index in [1.807, 2.05) is 0 Å². The Kier molecular flexibility index (Phi) is 99.3. The van der Waals surface area contributed by atoms with Crippen LogP contribution in [0.3, 0.4) is 0 Å². The van der Waals surface area contributed by atoms with Gasteiger partial charge in [0.2, 0.25) is 0 Å². The molecule has 4 heavy (non-hydrogen) atoms. The van der Waals surface area contributed by atoms with Gasteiger partial charge in [0.1, 0.15) is 0 Å². The fourth-order valence-corrected chi connectivity index (χ4v) is 0. The Balaban J connectivity index is -0.00000000500. The molecule has 0 amide bonds. The summed E-state index contributed by atoms with van der Waals surface area (Å²) in [6.45, 7) is 0. The van der Waals surface area contributed by atoms with Crippen molar-refractivity contribution in [2.75, 3.05) is 0 Å². The second kappa shape index (κ2) is 22.8. The molecule has 0 bridgehead atoms. The first-order chi connectivity index (χ1) is 1.00. The Labute approximate surface area is 60.2 Å². The molecule has 0 fully saturated rings. The van der Waals surface area contributed by atoms with E-state index in [0.717, 1.165) is 0 Å². The minimum Gasteiger partial charge on any atom is 0 e. The van der Waals surface area contributed by atoms with Gasteiger partial charge in [-0.1, -0.05) is 0 Å². The molecule has 1 nitrogen and oxygen atoms in total. The summed E-state index contributed by atoms with van der Waals surface area (Å²) < 4.78 is 8.28. The monoisotopic (exact) mass is 292 g/mol. The van der Waals surface area contributed by atoms with Crippen LogP contribution in [0.1, 0.15) is 0 Å². The van der Waals surface area contributed by atoms with E-state index in [4.69, 9.17) is 3.80 Å². The van der Waals surface area contributed by atoms with Crippen molar-refractivity contribution in [2.45, 2.75) is 0 Å². The Bertz CT molecular complexity index is 8.00. The van der Waals surface area contributed by atoms with Crippen LogP contribution in [0.2, 0.25) is 0 Å². The first kappa shape index (κ1) is 17.4. The van der Waals surface area contributed by atoms with Gasteiger partial charge in [0.25, 0.3) is 0 Å². The standard InChI is InChI=1S/Al.O.W.Zn.H. The second-order valence-electron chi connectivity index (χ2n) is 0. The molecule has 0 heterocycles. The summed E-state index contributed by atoms with van der Waals surface area (Å²) in [5, 5.41) is 0. The molecule has 0 unspecified atom stereocenters. The summed E-state index contributed by atoms with van der Waals surface area (Å²) in [5.74, 6) is 0. The molecule has 0 rings (SSSR count). The topological polar surface area (TPSA) is 17.1 Å². The van der Waals surface area contributed by atoms with Crippen LogP contribution >= 0.6 is 0 Å². The SMILES string of the molecule is [O]=[AlH].[W].[Zn]. The summed E-state index contributed by atoms with van der Waals surface area (Å²) >= 11 is 0.611. The maximum absolute atomic E-state index is 8.28. The third-order valence-corrected chi connectivity index (χ3v) is 0. The van der Waals surface area contributed by atoms with E-state index in [9.17, 15) is 0 Å². The van der Waals surface area contributed by atoms with Gasteiger partial charge in [-0.2, -0.15) is 0 Å². The van der Waals surface area contributed by atoms with Gasteiger partial charge >= 0.3 is 20.0 Å². The number of hydrogen-bond donors (Lipinski definition) is 0. The molecule has 0 radical (unpaired) electrons. The number of rotatable bonds is 0. The molecule has 0 aromatic carbocycles. The van der Waals surface area contributed by atoms with Crippen LogP contribution < -0.4 is 0 Å². The van der Waals surface area contributed by atoms with Crippen molar-refractivity contribution in [2.24, 2.45) is 0 Å². The fraction of sp³-hybridized carbons (Fsp3) is 0. The molecule has 0 aromatic heterocycles. The van der Waals surface area contributed by atoms with E-state index in [1.165, 1.54) is 0 Å². The fourth-order valence-electron chi connectivity index (χ4n) is 0. The summed E-state index contributed by atoms with van der Waals surface area (Å²) in [6, 6.07) is 0. The van der Waals surface area contributed by atoms with Crippen molar-refractivity contribution < 1.29 is 44.3 Å². The largest absolute Gasteiger partial charge is 0 e. The van der Waals surface area contributed by atoms with Crippen LogP contribution in [0.25, 0.3) is 0 Å². The minimum absolute atomic E-state index is 0.